The van der Waals surface area contributed by atoms with Gasteiger partial charge >= 0.3 is 6.03 Å². The second-order valence-corrected chi connectivity index (χ2v) is 2.98. The van der Waals surface area contributed by atoms with Crippen molar-refractivity contribution < 1.29 is 4.79 Å². The van der Waals surface area contributed by atoms with Crippen molar-refractivity contribution in [3.63, 3.8) is 0 Å². The van der Waals surface area contributed by atoms with Crippen molar-refractivity contribution in [1.82, 2.24) is 5.32 Å². The predicted octanol–water partition coefficient (Wildman–Crippen LogP) is 1.82. The van der Waals surface area contributed by atoms with Crippen LogP contribution < -0.4 is 16.0 Å². The Morgan fingerprint density at radius 1 is 1.40 bits per heavy atom. The fourth-order valence-corrected chi connectivity index (χ4v) is 1.41. The van der Waals surface area contributed by atoms with Crippen molar-refractivity contribution in [3.8, 4) is 0 Å². The van der Waals surface area contributed by atoms with Gasteiger partial charge in [-0.1, -0.05) is 19.9 Å². The number of nitrogen functional groups attached to an aromatic ring is 1. The number of hydrogen-bond acceptors (Lipinski definition) is 2. The average molecular weight is 207 g/mol. The van der Waals surface area contributed by atoms with Crippen molar-refractivity contribution in [2.45, 2.75) is 13.8 Å². The Balaban J connectivity index is 0.000000531. The molecule has 0 radical (unpaired) electrons. The van der Waals surface area contributed by atoms with E-state index in [2.05, 4.69) is 5.32 Å². The molecule has 4 heteroatoms. The topological polar surface area (TPSA) is 58.4 Å². The minimum atomic E-state index is -0.0504. The molecule has 82 valence electrons. The van der Waals surface area contributed by atoms with Crippen molar-refractivity contribution in [2.75, 3.05) is 23.7 Å². The second kappa shape index (κ2) is 5.24. The molecular weight excluding hydrogens is 190 g/mol. The smallest absolute Gasteiger partial charge is 0.321 e. The summed E-state index contributed by atoms with van der Waals surface area (Å²) in [5.74, 6) is 0. The average Bonchev–Trinajstić information content (AvgIpc) is 2.67. The van der Waals surface area contributed by atoms with Crippen LogP contribution in [0.1, 0.15) is 13.8 Å². The first-order valence-corrected chi connectivity index (χ1v) is 5.18. The van der Waals surface area contributed by atoms with Gasteiger partial charge in [0, 0.05) is 24.5 Å². The van der Waals surface area contributed by atoms with Gasteiger partial charge in [0.25, 0.3) is 0 Å². The van der Waals surface area contributed by atoms with Gasteiger partial charge in [0.15, 0.2) is 0 Å². The molecule has 1 aromatic carbocycles. The van der Waals surface area contributed by atoms with Gasteiger partial charge in [-0.05, 0) is 18.2 Å². The minimum Gasteiger partial charge on any atom is -0.399 e. The highest BCUT2D eigenvalue weighted by Crippen LogP contribution is 2.18. The van der Waals surface area contributed by atoms with Crippen LogP contribution in [0.4, 0.5) is 16.2 Å². The summed E-state index contributed by atoms with van der Waals surface area (Å²) < 4.78 is 0. The van der Waals surface area contributed by atoms with Crippen LogP contribution in [0.3, 0.4) is 0 Å². The van der Waals surface area contributed by atoms with Gasteiger partial charge in [0.2, 0.25) is 0 Å². The third-order valence-electron chi connectivity index (χ3n) is 2.04. The van der Waals surface area contributed by atoms with Crippen LogP contribution in [0.15, 0.2) is 24.3 Å². The van der Waals surface area contributed by atoms with Gasteiger partial charge in [0.1, 0.15) is 0 Å². The summed E-state index contributed by atoms with van der Waals surface area (Å²) in [6.45, 7) is 5.41. The Morgan fingerprint density at radius 3 is 2.67 bits per heavy atom. The molecule has 3 N–H and O–H groups in total. The number of nitrogens with two attached hydrogens (primary N) is 1. The summed E-state index contributed by atoms with van der Waals surface area (Å²) in [7, 11) is 0. The van der Waals surface area contributed by atoms with E-state index in [9.17, 15) is 4.79 Å². The maximum absolute atomic E-state index is 11.3. The Labute approximate surface area is 90.1 Å². The minimum absolute atomic E-state index is 0.0504. The van der Waals surface area contributed by atoms with Crippen molar-refractivity contribution >= 4 is 17.4 Å². The number of amides is 2. The van der Waals surface area contributed by atoms with E-state index in [0.29, 0.717) is 18.8 Å². The molecule has 1 aliphatic rings. The largest absolute Gasteiger partial charge is 0.399 e. The molecule has 0 unspecified atom stereocenters. The van der Waals surface area contributed by atoms with Gasteiger partial charge in [0.05, 0.1) is 0 Å². The van der Waals surface area contributed by atoms with Crippen molar-refractivity contribution in [2.24, 2.45) is 0 Å². The lowest BCUT2D eigenvalue weighted by Crippen LogP contribution is -2.27. The van der Waals surface area contributed by atoms with E-state index in [1.165, 1.54) is 0 Å². The molecule has 2 amide bonds. The van der Waals surface area contributed by atoms with E-state index < -0.39 is 0 Å². The number of urea groups is 1. The summed E-state index contributed by atoms with van der Waals surface area (Å²) in [6.07, 6.45) is 0. The molecule has 0 aromatic heterocycles. The molecule has 1 aromatic rings. The summed E-state index contributed by atoms with van der Waals surface area (Å²) in [5, 5.41) is 2.73. The van der Waals surface area contributed by atoms with Gasteiger partial charge in [-0.15, -0.1) is 0 Å². The first-order valence-electron chi connectivity index (χ1n) is 5.18. The Hall–Kier alpha value is -1.71. The summed E-state index contributed by atoms with van der Waals surface area (Å²) >= 11 is 0. The van der Waals surface area contributed by atoms with E-state index in [1.54, 1.807) is 17.0 Å². The SMILES string of the molecule is CC.Nc1cccc(N2CCNC2=O)c1. The Kier molecular flexibility index (Phi) is 3.97. The molecular formula is C11H17N3O. The fourth-order valence-electron chi connectivity index (χ4n) is 1.41. The monoisotopic (exact) mass is 207 g/mol. The Bertz CT molecular complexity index is 338. The highest BCUT2D eigenvalue weighted by molar-refractivity contribution is 5.94. The molecule has 0 spiro atoms. The number of carbonyl (C=O) groups is 1. The lowest BCUT2D eigenvalue weighted by Gasteiger charge is -2.13. The van der Waals surface area contributed by atoms with Crippen molar-refractivity contribution in [1.29, 1.82) is 0 Å². The second-order valence-electron chi connectivity index (χ2n) is 2.98. The molecule has 2 rings (SSSR count). The molecule has 1 fully saturated rings. The first-order chi connectivity index (χ1) is 7.27. The summed E-state index contributed by atoms with van der Waals surface area (Å²) in [5.41, 5.74) is 7.15. The normalized spacial score (nSPS) is 14.3. The molecule has 1 saturated heterocycles. The number of anilines is 2. The lowest BCUT2D eigenvalue weighted by atomic mass is 10.2. The number of nitrogens with one attached hydrogen (secondary N) is 1. The van der Waals surface area contributed by atoms with Gasteiger partial charge in [-0.2, -0.15) is 0 Å². The highest BCUT2D eigenvalue weighted by atomic mass is 16.2. The zero-order valence-electron chi connectivity index (χ0n) is 9.16. The van der Waals surface area contributed by atoms with E-state index in [0.717, 1.165) is 5.69 Å². The van der Waals surface area contributed by atoms with Crippen LogP contribution >= 0.6 is 0 Å². The van der Waals surface area contributed by atoms with E-state index >= 15 is 0 Å². The zero-order valence-corrected chi connectivity index (χ0v) is 9.16. The van der Waals surface area contributed by atoms with Crippen LogP contribution in [0.5, 0.6) is 0 Å². The molecule has 0 bridgehead atoms. The fraction of sp³-hybridized carbons (Fsp3) is 0.364. The molecule has 0 aliphatic carbocycles. The zero-order chi connectivity index (χ0) is 11.3. The molecule has 15 heavy (non-hydrogen) atoms. The maximum atomic E-state index is 11.3. The van der Waals surface area contributed by atoms with Gasteiger partial charge in [-0.25, -0.2) is 4.79 Å². The number of benzene rings is 1. The lowest BCUT2D eigenvalue weighted by molar-refractivity contribution is 0.252. The highest BCUT2D eigenvalue weighted by Gasteiger charge is 2.20. The van der Waals surface area contributed by atoms with Gasteiger partial charge in [-0.3, -0.25) is 4.90 Å². The van der Waals surface area contributed by atoms with E-state index in [4.69, 9.17) is 5.73 Å². The quantitative estimate of drug-likeness (QED) is 0.690. The van der Waals surface area contributed by atoms with Crippen LogP contribution in [0.2, 0.25) is 0 Å². The van der Waals surface area contributed by atoms with E-state index in [1.807, 2.05) is 26.0 Å². The maximum Gasteiger partial charge on any atom is 0.321 e. The van der Waals surface area contributed by atoms with Crippen LogP contribution in [-0.2, 0) is 0 Å². The molecule has 0 atom stereocenters. The first kappa shape index (κ1) is 11.4. The molecule has 0 saturated carbocycles. The van der Waals surface area contributed by atoms with Crippen LogP contribution in [0.25, 0.3) is 0 Å². The van der Waals surface area contributed by atoms with E-state index in [-0.39, 0.29) is 6.03 Å². The van der Waals surface area contributed by atoms with Crippen LogP contribution in [0, 0.1) is 0 Å². The Morgan fingerprint density at radius 2 is 2.13 bits per heavy atom. The predicted molar refractivity (Wildman–Crippen MR) is 62.9 cm³/mol. The molecule has 4 nitrogen and oxygen atoms in total. The number of hydrogen-bond donors (Lipinski definition) is 2. The van der Waals surface area contributed by atoms with Crippen LogP contribution in [-0.4, -0.2) is 19.1 Å². The third kappa shape index (κ3) is 2.62. The standard InChI is InChI=1S/C9H11N3O.C2H6/c10-7-2-1-3-8(6-7)12-5-4-11-9(12)13;1-2/h1-3,6H,4-5,10H2,(H,11,13);1-2H3. The number of rotatable bonds is 1. The van der Waals surface area contributed by atoms with Crippen molar-refractivity contribution in [3.05, 3.63) is 24.3 Å². The number of nitrogens with zero attached hydrogens (tertiary/aromatic N) is 1. The third-order valence-corrected chi connectivity index (χ3v) is 2.04. The van der Waals surface area contributed by atoms with Gasteiger partial charge < -0.3 is 11.1 Å². The summed E-state index contributed by atoms with van der Waals surface area (Å²) in [6, 6.07) is 7.27. The number of carbonyl (C=O) groups excluding carboxylic acids is 1. The molecule has 1 heterocycles. The molecule has 1 aliphatic heterocycles. The summed E-state index contributed by atoms with van der Waals surface area (Å²) in [4.78, 5) is 12.9.